The van der Waals surface area contributed by atoms with Crippen molar-refractivity contribution in [3.05, 3.63) is 71.2 Å². The summed E-state index contributed by atoms with van der Waals surface area (Å²) < 4.78 is 0. The van der Waals surface area contributed by atoms with Gasteiger partial charge in [-0.2, -0.15) is 0 Å². The van der Waals surface area contributed by atoms with Crippen molar-refractivity contribution >= 4 is 29.3 Å². The first-order valence-corrected chi connectivity index (χ1v) is 10.6. The quantitative estimate of drug-likeness (QED) is 0.559. The molecule has 1 amide bonds. The molecule has 1 saturated carbocycles. The zero-order chi connectivity index (χ0) is 20.2. The number of nitrogens with zero attached hydrogens (tertiary/aromatic N) is 3. The van der Waals surface area contributed by atoms with E-state index in [2.05, 4.69) is 31.7 Å². The molecule has 29 heavy (non-hydrogen) atoms. The van der Waals surface area contributed by atoms with Gasteiger partial charge in [0.05, 0.1) is 11.3 Å². The number of rotatable bonds is 7. The zero-order valence-corrected chi connectivity index (χ0v) is 17.3. The predicted octanol–water partition coefficient (Wildman–Crippen LogP) is 4.61. The van der Waals surface area contributed by atoms with Crippen molar-refractivity contribution < 1.29 is 4.79 Å². The summed E-state index contributed by atoms with van der Waals surface area (Å²) in [4.78, 5) is 26.1. The molecule has 1 fully saturated rings. The number of benzene rings is 1. The number of aryl methyl sites for hydroxylation is 2. The van der Waals surface area contributed by atoms with E-state index in [1.54, 1.807) is 24.5 Å². The molecule has 1 aromatic carbocycles. The second-order valence-corrected chi connectivity index (χ2v) is 8.23. The highest BCUT2D eigenvalue weighted by molar-refractivity contribution is 7.98. The van der Waals surface area contributed by atoms with Crippen LogP contribution in [0.1, 0.15) is 40.0 Å². The van der Waals surface area contributed by atoms with Crippen LogP contribution in [0.2, 0.25) is 0 Å². The van der Waals surface area contributed by atoms with Crippen LogP contribution in [0.25, 0.3) is 0 Å². The van der Waals surface area contributed by atoms with Gasteiger partial charge in [-0.05, 0) is 68.1 Å². The van der Waals surface area contributed by atoms with Crippen LogP contribution in [0, 0.1) is 13.8 Å². The molecule has 1 aliphatic carbocycles. The van der Waals surface area contributed by atoms with Gasteiger partial charge < -0.3 is 10.6 Å². The molecule has 0 atom stereocenters. The van der Waals surface area contributed by atoms with E-state index in [9.17, 15) is 4.79 Å². The largest absolute Gasteiger partial charge is 0.351 e. The minimum atomic E-state index is -0.163. The van der Waals surface area contributed by atoms with Gasteiger partial charge >= 0.3 is 0 Å². The maximum Gasteiger partial charge on any atom is 0.258 e. The van der Waals surface area contributed by atoms with E-state index in [0.29, 0.717) is 28.3 Å². The molecule has 2 aromatic heterocycles. The minimum absolute atomic E-state index is 0.163. The van der Waals surface area contributed by atoms with E-state index in [4.69, 9.17) is 0 Å². The first-order valence-electron chi connectivity index (χ1n) is 9.63. The van der Waals surface area contributed by atoms with Crippen LogP contribution >= 0.6 is 11.8 Å². The Kier molecular flexibility index (Phi) is 5.76. The lowest BCUT2D eigenvalue weighted by molar-refractivity contribution is 0.102. The number of anilines is 2. The number of hydrogen-bond donors (Lipinski definition) is 2. The monoisotopic (exact) mass is 405 g/mol. The third-order valence-electron chi connectivity index (χ3n) is 4.48. The fourth-order valence-corrected chi connectivity index (χ4v) is 3.92. The van der Waals surface area contributed by atoms with Gasteiger partial charge in [0.1, 0.15) is 5.03 Å². The number of pyridine rings is 1. The normalized spacial score (nSPS) is 13.2. The lowest BCUT2D eigenvalue weighted by Crippen LogP contribution is -2.14. The van der Waals surface area contributed by atoms with Gasteiger partial charge in [0.25, 0.3) is 5.91 Å². The molecule has 7 heteroatoms. The molecule has 0 spiro atoms. The van der Waals surface area contributed by atoms with Crippen molar-refractivity contribution in [1.82, 2.24) is 15.0 Å². The van der Waals surface area contributed by atoms with Gasteiger partial charge in [0.15, 0.2) is 0 Å². The average molecular weight is 406 g/mol. The van der Waals surface area contributed by atoms with E-state index in [0.717, 1.165) is 22.5 Å². The summed E-state index contributed by atoms with van der Waals surface area (Å²) in [7, 11) is 0. The molecule has 0 saturated heterocycles. The van der Waals surface area contributed by atoms with Gasteiger partial charge in [-0.3, -0.25) is 4.79 Å². The smallest absolute Gasteiger partial charge is 0.258 e. The highest BCUT2D eigenvalue weighted by Crippen LogP contribution is 2.26. The summed E-state index contributed by atoms with van der Waals surface area (Å²) in [5, 5.41) is 6.98. The zero-order valence-electron chi connectivity index (χ0n) is 16.5. The molecular formula is C22H23N5OS. The summed E-state index contributed by atoms with van der Waals surface area (Å²) in [5.41, 5.74) is 4.47. The molecule has 0 aliphatic heterocycles. The van der Waals surface area contributed by atoms with Crippen LogP contribution in [0.5, 0.6) is 0 Å². The second-order valence-electron chi connectivity index (χ2n) is 7.27. The van der Waals surface area contributed by atoms with Gasteiger partial charge in [-0.25, -0.2) is 15.0 Å². The number of thioether (sulfide) groups is 1. The van der Waals surface area contributed by atoms with E-state index in [1.807, 2.05) is 32.0 Å². The van der Waals surface area contributed by atoms with Crippen molar-refractivity contribution in [2.45, 2.75) is 43.5 Å². The number of carbonyl (C=O) groups is 1. The van der Waals surface area contributed by atoms with Crippen molar-refractivity contribution in [2.75, 3.05) is 10.6 Å². The standard InChI is InChI=1S/C22H23N5OS/c1-14-10-15(2)12-18(11-14)25-20(28)19-4-3-8-23-21(19)29-13-17-7-9-24-22(27-17)26-16-5-6-16/h3-4,7-12,16H,5-6,13H2,1-2H3,(H,25,28)(H,24,26,27). The highest BCUT2D eigenvalue weighted by atomic mass is 32.2. The van der Waals surface area contributed by atoms with Gasteiger partial charge in [0, 0.05) is 29.9 Å². The van der Waals surface area contributed by atoms with Crippen LogP contribution in [-0.4, -0.2) is 26.9 Å². The van der Waals surface area contributed by atoms with Crippen LogP contribution in [0.15, 0.2) is 53.8 Å². The summed E-state index contributed by atoms with van der Waals surface area (Å²) in [5.74, 6) is 1.12. The Morgan fingerprint density at radius 1 is 1.10 bits per heavy atom. The molecule has 1 aliphatic rings. The molecule has 4 rings (SSSR count). The number of aromatic nitrogens is 3. The fraction of sp³-hybridized carbons (Fsp3) is 0.273. The third kappa shape index (κ3) is 5.32. The Morgan fingerprint density at radius 3 is 2.66 bits per heavy atom. The van der Waals surface area contributed by atoms with Gasteiger partial charge in [-0.15, -0.1) is 0 Å². The minimum Gasteiger partial charge on any atom is -0.351 e. The molecule has 148 valence electrons. The molecule has 3 aromatic rings. The Morgan fingerprint density at radius 2 is 1.90 bits per heavy atom. The summed E-state index contributed by atoms with van der Waals surface area (Å²) in [6.07, 6.45) is 5.82. The third-order valence-corrected chi connectivity index (χ3v) is 5.51. The van der Waals surface area contributed by atoms with Crippen molar-refractivity contribution in [2.24, 2.45) is 0 Å². The first-order chi connectivity index (χ1) is 14.1. The van der Waals surface area contributed by atoms with E-state index in [-0.39, 0.29) is 5.91 Å². The van der Waals surface area contributed by atoms with Crippen molar-refractivity contribution in [1.29, 1.82) is 0 Å². The van der Waals surface area contributed by atoms with Crippen molar-refractivity contribution in [3.8, 4) is 0 Å². The number of hydrogen-bond acceptors (Lipinski definition) is 6. The van der Waals surface area contributed by atoms with Gasteiger partial charge in [0.2, 0.25) is 5.95 Å². The van der Waals surface area contributed by atoms with Crippen LogP contribution < -0.4 is 10.6 Å². The predicted molar refractivity (Wildman–Crippen MR) is 116 cm³/mol. The van der Waals surface area contributed by atoms with Crippen LogP contribution in [0.4, 0.5) is 11.6 Å². The van der Waals surface area contributed by atoms with Crippen molar-refractivity contribution in [3.63, 3.8) is 0 Å². The highest BCUT2D eigenvalue weighted by Gasteiger charge is 2.22. The number of nitrogens with one attached hydrogen (secondary N) is 2. The molecule has 0 bridgehead atoms. The molecule has 0 radical (unpaired) electrons. The van der Waals surface area contributed by atoms with E-state index in [1.165, 1.54) is 24.6 Å². The summed E-state index contributed by atoms with van der Waals surface area (Å²) in [6, 6.07) is 12.0. The number of amides is 1. The Hall–Kier alpha value is -2.93. The second kappa shape index (κ2) is 8.61. The van der Waals surface area contributed by atoms with Gasteiger partial charge in [-0.1, -0.05) is 17.8 Å². The van der Waals surface area contributed by atoms with Crippen LogP contribution in [0.3, 0.4) is 0 Å². The summed E-state index contributed by atoms with van der Waals surface area (Å²) in [6.45, 7) is 4.03. The maximum atomic E-state index is 12.9. The summed E-state index contributed by atoms with van der Waals surface area (Å²) >= 11 is 1.50. The topological polar surface area (TPSA) is 79.8 Å². The average Bonchev–Trinajstić information content (AvgIpc) is 3.50. The first kappa shape index (κ1) is 19.4. The molecule has 0 unspecified atom stereocenters. The van der Waals surface area contributed by atoms with E-state index < -0.39 is 0 Å². The Labute approximate surface area is 174 Å². The Balaban J connectivity index is 1.45. The number of carbonyl (C=O) groups excluding carboxylic acids is 1. The SMILES string of the molecule is Cc1cc(C)cc(NC(=O)c2cccnc2SCc2ccnc(NC3CC3)n2)c1. The molecule has 2 heterocycles. The Bertz CT molecular complexity index is 1010. The fourth-order valence-electron chi connectivity index (χ4n) is 3.02. The maximum absolute atomic E-state index is 12.9. The van der Waals surface area contributed by atoms with E-state index >= 15 is 0 Å². The molecular weight excluding hydrogens is 382 g/mol. The molecule has 2 N–H and O–H groups in total. The molecule has 6 nitrogen and oxygen atoms in total. The lowest BCUT2D eigenvalue weighted by Gasteiger charge is -2.10. The lowest BCUT2D eigenvalue weighted by atomic mass is 10.1. The van der Waals surface area contributed by atoms with Crippen LogP contribution in [-0.2, 0) is 5.75 Å².